The molecule has 0 spiro atoms. The molecule has 2 aromatic rings. The molecular weight excluding hydrogens is 332 g/mol. The fourth-order valence-corrected chi connectivity index (χ4v) is 3.09. The zero-order valence-electron chi connectivity index (χ0n) is 15.6. The predicted molar refractivity (Wildman–Crippen MR) is 101 cm³/mol. The van der Waals surface area contributed by atoms with E-state index >= 15 is 0 Å². The molecule has 26 heavy (non-hydrogen) atoms. The van der Waals surface area contributed by atoms with E-state index in [0.29, 0.717) is 11.5 Å². The fraction of sp³-hybridized carbons (Fsp3) is 0.350. The average Bonchev–Trinajstić information content (AvgIpc) is 3.15. The van der Waals surface area contributed by atoms with Crippen LogP contribution >= 0.6 is 0 Å². The SMILES string of the molecule is COc1ccc(CN2CCN=C2c2ccc(OC)c(OC)c2)cc1OC. The molecule has 0 fully saturated rings. The molecule has 0 amide bonds. The number of hydrogen-bond acceptors (Lipinski definition) is 6. The summed E-state index contributed by atoms with van der Waals surface area (Å²) in [5.41, 5.74) is 2.15. The normalized spacial score (nSPS) is 13.4. The third-order valence-electron chi connectivity index (χ3n) is 4.39. The predicted octanol–water partition coefficient (Wildman–Crippen LogP) is 2.98. The van der Waals surface area contributed by atoms with Gasteiger partial charge in [-0.15, -0.1) is 0 Å². The standard InChI is InChI=1S/C20H24N2O4/c1-23-16-7-5-14(11-18(16)25-3)13-22-10-9-21-20(22)15-6-8-17(24-2)19(12-15)26-4/h5-8,11-12H,9-10,13H2,1-4H3. The van der Waals surface area contributed by atoms with E-state index < -0.39 is 0 Å². The van der Waals surface area contributed by atoms with Gasteiger partial charge in [0.25, 0.3) is 0 Å². The summed E-state index contributed by atoms with van der Waals surface area (Å²) < 4.78 is 21.5. The minimum Gasteiger partial charge on any atom is -0.493 e. The van der Waals surface area contributed by atoms with Crippen LogP contribution in [0.1, 0.15) is 11.1 Å². The maximum absolute atomic E-state index is 5.42. The molecule has 2 aromatic carbocycles. The van der Waals surface area contributed by atoms with E-state index in [-0.39, 0.29) is 0 Å². The van der Waals surface area contributed by atoms with Gasteiger partial charge < -0.3 is 23.8 Å². The highest BCUT2D eigenvalue weighted by Gasteiger charge is 2.21. The lowest BCUT2D eigenvalue weighted by atomic mass is 10.1. The number of nitrogens with zero attached hydrogens (tertiary/aromatic N) is 2. The van der Waals surface area contributed by atoms with Crippen molar-refractivity contribution >= 4 is 5.84 Å². The Bertz CT molecular complexity index is 804. The summed E-state index contributed by atoms with van der Waals surface area (Å²) in [6.07, 6.45) is 0. The molecule has 0 unspecified atom stereocenters. The lowest BCUT2D eigenvalue weighted by Gasteiger charge is -2.22. The monoisotopic (exact) mass is 356 g/mol. The van der Waals surface area contributed by atoms with Crippen molar-refractivity contribution in [1.29, 1.82) is 0 Å². The molecular formula is C20H24N2O4. The smallest absolute Gasteiger partial charge is 0.161 e. The number of amidine groups is 1. The summed E-state index contributed by atoms with van der Waals surface area (Å²) in [6, 6.07) is 11.9. The third-order valence-corrected chi connectivity index (χ3v) is 4.39. The lowest BCUT2D eigenvalue weighted by Crippen LogP contribution is -2.28. The largest absolute Gasteiger partial charge is 0.493 e. The highest BCUT2D eigenvalue weighted by Crippen LogP contribution is 2.30. The van der Waals surface area contributed by atoms with Crippen LogP contribution in [0, 0.1) is 0 Å². The van der Waals surface area contributed by atoms with Gasteiger partial charge in [-0.3, -0.25) is 4.99 Å². The van der Waals surface area contributed by atoms with Gasteiger partial charge in [0.2, 0.25) is 0 Å². The zero-order valence-corrected chi connectivity index (χ0v) is 15.6. The summed E-state index contributed by atoms with van der Waals surface area (Å²) in [4.78, 5) is 6.93. The molecule has 0 saturated carbocycles. The number of hydrogen-bond donors (Lipinski definition) is 0. The second kappa shape index (κ2) is 7.99. The van der Waals surface area contributed by atoms with Gasteiger partial charge in [-0.25, -0.2) is 0 Å². The second-order valence-corrected chi connectivity index (χ2v) is 5.89. The van der Waals surface area contributed by atoms with Crippen LogP contribution in [0.5, 0.6) is 23.0 Å². The maximum Gasteiger partial charge on any atom is 0.161 e. The van der Waals surface area contributed by atoms with E-state index in [1.54, 1.807) is 28.4 Å². The Morgan fingerprint density at radius 1 is 0.808 bits per heavy atom. The molecule has 0 radical (unpaired) electrons. The molecule has 0 bridgehead atoms. The van der Waals surface area contributed by atoms with Gasteiger partial charge >= 0.3 is 0 Å². The first-order valence-electron chi connectivity index (χ1n) is 8.43. The quantitative estimate of drug-likeness (QED) is 0.763. The van der Waals surface area contributed by atoms with Gasteiger partial charge in [0.15, 0.2) is 23.0 Å². The molecule has 3 rings (SSSR count). The van der Waals surface area contributed by atoms with E-state index in [2.05, 4.69) is 9.89 Å². The van der Waals surface area contributed by atoms with Crippen molar-refractivity contribution < 1.29 is 18.9 Å². The van der Waals surface area contributed by atoms with Crippen molar-refractivity contribution in [3.8, 4) is 23.0 Å². The summed E-state index contributed by atoms with van der Waals surface area (Å²) in [6.45, 7) is 2.39. The Morgan fingerprint density at radius 3 is 2.08 bits per heavy atom. The molecule has 0 atom stereocenters. The van der Waals surface area contributed by atoms with Crippen LogP contribution in [0.3, 0.4) is 0 Å². The van der Waals surface area contributed by atoms with Crippen LogP contribution < -0.4 is 18.9 Å². The van der Waals surface area contributed by atoms with E-state index in [9.17, 15) is 0 Å². The third kappa shape index (κ3) is 3.54. The van der Waals surface area contributed by atoms with Crippen LogP contribution in [-0.4, -0.2) is 52.3 Å². The highest BCUT2D eigenvalue weighted by molar-refractivity contribution is 6.00. The highest BCUT2D eigenvalue weighted by atomic mass is 16.5. The van der Waals surface area contributed by atoms with Crippen LogP contribution in [0.25, 0.3) is 0 Å². The van der Waals surface area contributed by atoms with Gasteiger partial charge in [-0.1, -0.05) is 6.07 Å². The number of aliphatic imine (C=N–C) groups is 1. The van der Waals surface area contributed by atoms with Gasteiger partial charge in [0, 0.05) is 18.7 Å². The molecule has 0 aliphatic carbocycles. The Labute approximate surface area is 154 Å². The Morgan fingerprint density at radius 2 is 1.42 bits per heavy atom. The van der Waals surface area contributed by atoms with Crippen molar-refractivity contribution in [2.45, 2.75) is 6.54 Å². The molecule has 138 valence electrons. The average molecular weight is 356 g/mol. The van der Waals surface area contributed by atoms with E-state index in [0.717, 1.165) is 48.1 Å². The van der Waals surface area contributed by atoms with Crippen molar-refractivity contribution in [2.24, 2.45) is 4.99 Å². The Balaban J connectivity index is 1.83. The summed E-state index contributed by atoms with van der Waals surface area (Å²) in [5.74, 6) is 3.83. The molecule has 0 aromatic heterocycles. The van der Waals surface area contributed by atoms with Gasteiger partial charge in [-0.2, -0.15) is 0 Å². The minimum absolute atomic E-state index is 0.700. The summed E-state index contributed by atoms with van der Waals surface area (Å²) in [7, 11) is 6.56. The van der Waals surface area contributed by atoms with Gasteiger partial charge in [0.05, 0.1) is 35.0 Å². The van der Waals surface area contributed by atoms with Crippen molar-refractivity contribution in [1.82, 2.24) is 4.90 Å². The molecule has 1 heterocycles. The molecule has 6 nitrogen and oxygen atoms in total. The number of methoxy groups -OCH3 is 4. The Kier molecular flexibility index (Phi) is 5.51. The molecule has 6 heteroatoms. The fourth-order valence-electron chi connectivity index (χ4n) is 3.09. The lowest BCUT2D eigenvalue weighted by molar-refractivity contribution is 0.353. The van der Waals surface area contributed by atoms with Crippen LogP contribution in [0.15, 0.2) is 41.4 Å². The maximum atomic E-state index is 5.42. The Hall–Kier alpha value is -2.89. The number of rotatable bonds is 7. The molecule has 0 N–H and O–H groups in total. The second-order valence-electron chi connectivity index (χ2n) is 5.89. The molecule has 0 saturated heterocycles. The van der Waals surface area contributed by atoms with E-state index in [1.165, 1.54) is 0 Å². The molecule has 1 aliphatic heterocycles. The first-order chi connectivity index (χ1) is 12.7. The first-order valence-corrected chi connectivity index (χ1v) is 8.43. The molecule has 1 aliphatic rings. The van der Waals surface area contributed by atoms with Gasteiger partial charge in [-0.05, 0) is 35.9 Å². The van der Waals surface area contributed by atoms with Crippen molar-refractivity contribution in [3.63, 3.8) is 0 Å². The van der Waals surface area contributed by atoms with E-state index in [4.69, 9.17) is 18.9 Å². The van der Waals surface area contributed by atoms with Crippen LogP contribution in [0.4, 0.5) is 0 Å². The van der Waals surface area contributed by atoms with E-state index in [1.807, 2.05) is 36.4 Å². The topological polar surface area (TPSA) is 52.5 Å². The first kappa shape index (κ1) is 17.9. The number of ether oxygens (including phenoxy) is 4. The van der Waals surface area contributed by atoms with Crippen molar-refractivity contribution in [3.05, 3.63) is 47.5 Å². The number of benzene rings is 2. The van der Waals surface area contributed by atoms with Crippen LogP contribution in [-0.2, 0) is 6.54 Å². The summed E-state index contributed by atoms with van der Waals surface area (Å²) >= 11 is 0. The van der Waals surface area contributed by atoms with Crippen LogP contribution in [0.2, 0.25) is 0 Å². The van der Waals surface area contributed by atoms with Crippen molar-refractivity contribution in [2.75, 3.05) is 41.5 Å². The summed E-state index contributed by atoms with van der Waals surface area (Å²) in [5, 5.41) is 0. The van der Waals surface area contributed by atoms with Gasteiger partial charge in [0.1, 0.15) is 5.84 Å². The minimum atomic E-state index is 0.700. The zero-order chi connectivity index (χ0) is 18.5.